The monoisotopic (exact) mass is 273 g/mol. The molecule has 0 aliphatic rings. The van der Waals surface area contributed by atoms with Gasteiger partial charge in [-0.3, -0.25) is 9.59 Å². The lowest BCUT2D eigenvalue weighted by atomic mass is 10.2. The minimum absolute atomic E-state index is 0.182. The van der Waals surface area contributed by atoms with E-state index in [-0.39, 0.29) is 12.6 Å². The van der Waals surface area contributed by atoms with Gasteiger partial charge in [-0.05, 0) is 33.6 Å². The third kappa shape index (κ3) is 12.7. The summed E-state index contributed by atoms with van der Waals surface area (Å²) in [5.41, 5.74) is -0.494. The number of nitrogens with one attached hydrogen (secondary N) is 1. The van der Waals surface area contributed by atoms with Crippen LogP contribution in [0.25, 0.3) is 0 Å². The van der Waals surface area contributed by atoms with Crippen molar-refractivity contribution >= 4 is 18.3 Å². The molecule has 0 fully saturated rings. The van der Waals surface area contributed by atoms with Gasteiger partial charge in [-0.1, -0.05) is 6.42 Å². The number of alkyl carbamates (subject to hydrolysis) is 1. The van der Waals surface area contributed by atoms with Gasteiger partial charge < -0.3 is 14.8 Å². The molecular formula is C13H23NO5. The van der Waals surface area contributed by atoms with E-state index in [0.717, 1.165) is 12.8 Å². The first-order valence-corrected chi connectivity index (χ1v) is 6.41. The number of rotatable bonds is 8. The number of ether oxygens (including phenoxy) is 2. The fourth-order valence-corrected chi connectivity index (χ4v) is 1.27. The average Bonchev–Trinajstić information content (AvgIpc) is 2.28. The molecular weight excluding hydrogens is 250 g/mol. The summed E-state index contributed by atoms with van der Waals surface area (Å²) >= 11 is 0. The molecule has 0 saturated carbocycles. The maximum atomic E-state index is 11.3. The SMILES string of the molecule is CC(C)(C)OC(=O)NCCCCCC(=O)OCC=O. The van der Waals surface area contributed by atoms with Gasteiger partial charge >= 0.3 is 12.1 Å². The van der Waals surface area contributed by atoms with Crippen LogP contribution >= 0.6 is 0 Å². The molecule has 6 nitrogen and oxygen atoms in total. The largest absolute Gasteiger partial charge is 0.458 e. The van der Waals surface area contributed by atoms with Crippen molar-refractivity contribution in [2.75, 3.05) is 13.2 Å². The molecule has 0 saturated heterocycles. The molecule has 0 rings (SSSR count). The van der Waals surface area contributed by atoms with Crippen LogP contribution in [0.1, 0.15) is 46.5 Å². The second-order valence-electron chi connectivity index (χ2n) is 5.09. The fourth-order valence-electron chi connectivity index (χ4n) is 1.27. The van der Waals surface area contributed by atoms with E-state index < -0.39 is 11.7 Å². The van der Waals surface area contributed by atoms with Gasteiger partial charge in [-0.2, -0.15) is 0 Å². The Morgan fingerprint density at radius 3 is 2.42 bits per heavy atom. The van der Waals surface area contributed by atoms with E-state index in [4.69, 9.17) is 4.74 Å². The van der Waals surface area contributed by atoms with E-state index in [1.807, 2.05) is 0 Å². The van der Waals surface area contributed by atoms with Crippen LogP contribution in [-0.2, 0) is 19.1 Å². The Morgan fingerprint density at radius 2 is 1.84 bits per heavy atom. The van der Waals surface area contributed by atoms with Gasteiger partial charge in [0.2, 0.25) is 0 Å². The molecule has 110 valence electrons. The summed E-state index contributed by atoms with van der Waals surface area (Å²) in [6, 6.07) is 0. The van der Waals surface area contributed by atoms with Crippen molar-refractivity contribution in [3.63, 3.8) is 0 Å². The minimum atomic E-state index is -0.494. The molecule has 0 aromatic carbocycles. The molecule has 0 radical (unpaired) electrons. The highest BCUT2D eigenvalue weighted by Crippen LogP contribution is 2.06. The Kier molecular flexibility index (Phi) is 8.57. The summed E-state index contributed by atoms with van der Waals surface area (Å²) < 4.78 is 9.66. The van der Waals surface area contributed by atoms with Crippen LogP contribution in [0.2, 0.25) is 0 Å². The molecule has 1 N–H and O–H groups in total. The van der Waals surface area contributed by atoms with Crippen molar-refractivity contribution in [3.8, 4) is 0 Å². The van der Waals surface area contributed by atoms with Crippen LogP contribution in [0.5, 0.6) is 0 Å². The number of unbranched alkanes of at least 4 members (excludes halogenated alkanes) is 2. The second-order valence-corrected chi connectivity index (χ2v) is 5.09. The Morgan fingerprint density at radius 1 is 1.16 bits per heavy atom. The topological polar surface area (TPSA) is 81.7 Å². The first kappa shape index (κ1) is 17.4. The molecule has 0 heterocycles. The highest BCUT2D eigenvalue weighted by Gasteiger charge is 2.15. The highest BCUT2D eigenvalue weighted by molar-refractivity contribution is 5.71. The Labute approximate surface area is 113 Å². The summed E-state index contributed by atoms with van der Waals surface area (Å²) in [6.45, 7) is 5.74. The zero-order valence-electron chi connectivity index (χ0n) is 11.9. The van der Waals surface area contributed by atoms with Crippen LogP contribution in [0, 0.1) is 0 Å². The van der Waals surface area contributed by atoms with E-state index in [2.05, 4.69) is 10.1 Å². The molecule has 0 bridgehead atoms. The zero-order valence-corrected chi connectivity index (χ0v) is 11.9. The van der Waals surface area contributed by atoms with Crippen LogP contribution < -0.4 is 5.32 Å². The third-order valence-corrected chi connectivity index (χ3v) is 2.04. The maximum absolute atomic E-state index is 11.3. The van der Waals surface area contributed by atoms with Crippen LogP contribution in [0.15, 0.2) is 0 Å². The lowest BCUT2D eigenvalue weighted by molar-refractivity contribution is -0.145. The van der Waals surface area contributed by atoms with Crippen molar-refractivity contribution in [3.05, 3.63) is 0 Å². The molecule has 0 aromatic heterocycles. The standard InChI is InChI=1S/C13H23NO5/c1-13(2,3)19-12(17)14-8-6-4-5-7-11(16)18-10-9-15/h9H,4-8,10H2,1-3H3,(H,14,17). The Balaban J connectivity index is 3.43. The number of carbonyl (C=O) groups excluding carboxylic acids is 3. The number of hydrogen-bond donors (Lipinski definition) is 1. The second kappa shape index (κ2) is 9.35. The normalized spacial score (nSPS) is 10.7. The molecule has 0 aliphatic carbocycles. The molecule has 0 spiro atoms. The Hall–Kier alpha value is -1.59. The van der Waals surface area contributed by atoms with Gasteiger partial charge in [0, 0.05) is 13.0 Å². The van der Waals surface area contributed by atoms with E-state index in [1.54, 1.807) is 20.8 Å². The van der Waals surface area contributed by atoms with Crippen LogP contribution in [0.4, 0.5) is 4.79 Å². The van der Waals surface area contributed by atoms with Crippen molar-refractivity contribution in [2.45, 2.75) is 52.1 Å². The summed E-state index contributed by atoms with van der Waals surface area (Å²) in [5.74, 6) is -0.368. The summed E-state index contributed by atoms with van der Waals surface area (Å²) in [7, 11) is 0. The lowest BCUT2D eigenvalue weighted by Crippen LogP contribution is -2.32. The van der Waals surface area contributed by atoms with Gasteiger partial charge in [0.1, 0.15) is 12.2 Å². The van der Waals surface area contributed by atoms with Crippen molar-refractivity contribution in [2.24, 2.45) is 0 Å². The van der Waals surface area contributed by atoms with E-state index >= 15 is 0 Å². The number of amides is 1. The smallest absolute Gasteiger partial charge is 0.407 e. The maximum Gasteiger partial charge on any atom is 0.407 e. The first-order valence-electron chi connectivity index (χ1n) is 6.41. The highest BCUT2D eigenvalue weighted by atomic mass is 16.6. The van der Waals surface area contributed by atoms with Gasteiger partial charge in [0.25, 0.3) is 0 Å². The van der Waals surface area contributed by atoms with E-state index in [0.29, 0.717) is 25.7 Å². The Bertz CT molecular complexity index is 296. The van der Waals surface area contributed by atoms with Crippen molar-refractivity contribution in [1.82, 2.24) is 5.32 Å². The predicted octanol–water partition coefficient (Wildman–Crippen LogP) is 1.81. The predicted molar refractivity (Wildman–Crippen MR) is 69.7 cm³/mol. The molecule has 0 unspecified atom stereocenters. The molecule has 0 atom stereocenters. The molecule has 19 heavy (non-hydrogen) atoms. The molecule has 1 amide bonds. The average molecular weight is 273 g/mol. The zero-order chi connectivity index (χ0) is 14.7. The lowest BCUT2D eigenvalue weighted by Gasteiger charge is -2.19. The first-order chi connectivity index (χ1) is 8.85. The van der Waals surface area contributed by atoms with Crippen molar-refractivity contribution in [1.29, 1.82) is 0 Å². The van der Waals surface area contributed by atoms with Crippen LogP contribution in [0.3, 0.4) is 0 Å². The molecule has 0 aromatic rings. The molecule has 6 heteroatoms. The van der Waals surface area contributed by atoms with Crippen LogP contribution in [-0.4, -0.2) is 37.1 Å². The quantitative estimate of drug-likeness (QED) is 0.414. The minimum Gasteiger partial charge on any atom is -0.458 e. The number of carbonyl (C=O) groups is 3. The van der Waals surface area contributed by atoms with E-state index in [9.17, 15) is 14.4 Å². The third-order valence-electron chi connectivity index (χ3n) is 2.04. The molecule has 0 aliphatic heterocycles. The van der Waals surface area contributed by atoms with Gasteiger partial charge in [-0.25, -0.2) is 4.79 Å². The number of aldehydes is 1. The van der Waals surface area contributed by atoms with Gasteiger partial charge in [0.05, 0.1) is 0 Å². The summed E-state index contributed by atoms with van der Waals surface area (Å²) in [6.07, 6.45) is 2.64. The number of esters is 1. The van der Waals surface area contributed by atoms with E-state index in [1.165, 1.54) is 0 Å². The van der Waals surface area contributed by atoms with Gasteiger partial charge in [-0.15, -0.1) is 0 Å². The fraction of sp³-hybridized carbons (Fsp3) is 0.769. The summed E-state index contributed by atoms with van der Waals surface area (Å²) in [5, 5.41) is 2.64. The number of hydrogen-bond acceptors (Lipinski definition) is 5. The van der Waals surface area contributed by atoms with Crippen molar-refractivity contribution < 1.29 is 23.9 Å². The summed E-state index contributed by atoms with van der Waals surface area (Å²) in [4.78, 5) is 32.3. The van der Waals surface area contributed by atoms with Gasteiger partial charge in [0.15, 0.2) is 6.29 Å².